The number of hydrogen-bond donors (Lipinski definition) is 1. The Morgan fingerprint density at radius 2 is 2.00 bits per heavy atom. The topological polar surface area (TPSA) is 83.5 Å². The first kappa shape index (κ1) is 23.3. The molecule has 2 saturated heterocycles. The van der Waals surface area contributed by atoms with Crippen molar-refractivity contribution in [3.63, 3.8) is 0 Å². The molecule has 3 heterocycles. The lowest BCUT2D eigenvalue weighted by Gasteiger charge is -2.26. The number of rotatable bonds is 9. The number of carbonyl (C=O) groups is 2. The van der Waals surface area contributed by atoms with Gasteiger partial charge in [-0.3, -0.25) is 14.5 Å². The number of aldehydes is 1. The molecule has 0 radical (unpaired) electrons. The Labute approximate surface area is 196 Å². The zero-order valence-corrected chi connectivity index (χ0v) is 19.1. The average molecular weight is 475 g/mol. The van der Waals surface area contributed by atoms with Crippen LogP contribution in [0.25, 0.3) is 0 Å². The maximum Gasteiger partial charge on any atom is 0.264 e. The number of morpholine rings is 1. The Morgan fingerprint density at radius 3 is 2.73 bits per heavy atom. The first-order valence-electron chi connectivity index (χ1n) is 11.0. The first-order valence-corrected chi connectivity index (χ1v) is 11.9. The van der Waals surface area contributed by atoms with Gasteiger partial charge in [0.15, 0.2) is 17.9 Å². The van der Waals surface area contributed by atoms with E-state index >= 15 is 0 Å². The van der Waals surface area contributed by atoms with Crippen LogP contribution in [0.15, 0.2) is 29.3 Å². The maximum atomic E-state index is 14.4. The lowest BCUT2D eigenvalue weighted by Crippen LogP contribution is -2.40. The Kier molecular flexibility index (Phi) is 8.03. The number of hydrogen-bond acceptors (Lipinski definition) is 7. The quantitative estimate of drug-likeness (QED) is 0.341. The van der Waals surface area contributed by atoms with Crippen LogP contribution in [0.1, 0.15) is 32.2 Å². The number of thiophene rings is 1. The largest absolute Gasteiger partial charge is 0.489 e. The molecule has 4 rings (SSSR count). The van der Waals surface area contributed by atoms with Gasteiger partial charge in [0, 0.05) is 31.4 Å². The van der Waals surface area contributed by atoms with Crippen molar-refractivity contribution in [1.82, 2.24) is 9.80 Å². The van der Waals surface area contributed by atoms with E-state index in [9.17, 15) is 14.0 Å². The van der Waals surface area contributed by atoms with Gasteiger partial charge < -0.3 is 19.7 Å². The number of amides is 1. The monoisotopic (exact) mass is 474 g/mol. The van der Waals surface area contributed by atoms with E-state index < -0.39 is 5.82 Å². The van der Waals surface area contributed by atoms with Crippen molar-refractivity contribution < 1.29 is 23.5 Å². The molecule has 2 aliphatic rings. The van der Waals surface area contributed by atoms with Crippen molar-refractivity contribution in [2.24, 2.45) is 4.99 Å². The van der Waals surface area contributed by atoms with Crippen LogP contribution < -0.4 is 10.1 Å². The Morgan fingerprint density at radius 1 is 1.21 bits per heavy atom. The molecule has 2 aliphatic heterocycles. The fourth-order valence-electron chi connectivity index (χ4n) is 3.78. The van der Waals surface area contributed by atoms with Crippen molar-refractivity contribution >= 4 is 41.2 Å². The zero-order valence-electron chi connectivity index (χ0n) is 18.3. The van der Waals surface area contributed by atoms with Crippen LogP contribution in [0.3, 0.4) is 0 Å². The van der Waals surface area contributed by atoms with Gasteiger partial charge in [-0.25, -0.2) is 9.38 Å². The number of nitrogens with zero attached hydrogens (tertiary/aromatic N) is 3. The third-order valence-electron chi connectivity index (χ3n) is 5.59. The van der Waals surface area contributed by atoms with E-state index in [0.717, 1.165) is 31.0 Å². The van der Waals surface area contributed by atoms with Crippen LogP contribution in [0, 0.1) is 5.82 Å². The summed E-state index contributed by atoms with van der Waals surface area (Å²) in [6.07, 6.45) is 4.48. The van der Waals surface area contributed by atoms with E-state index in [4.69, 9.17) is 9.47 Å². The summed E-state index contributed by atoms with van der Waals surface area (Å²) in [5.41, 5.74) is 0.886. The number of anilines is 1. The van der Waals surface area contributed by atoms with Crippen molar-refractivity contribution in [1.29, 1.82) is 0 Å². The molecule has 1 N–H and O–H groups in total. The average Bonchev–Trinajstić information content (AvgIpc) is 3.50. The molecule has 0 bridgehead atoms. The van der Waals surface area contributed by atoms with E-state index in [1.165, 1.54) is 25.2 Å². The van der Waals surface area contributed by atoms with Crippen molar-refractivity contribution in [2.75, 3.05) is 57.9 Å². The summed E-state index contributed by atoms with van der Waals surface area (Å²) in [6.45, 7) is 5.45. The lowest BCUT2D eigenvalue weighted by molar-refractivity contribution is 0.0306. The van der Waals surface area contributed by atoms with E-state index in [1.807, 2.05) is 0 Å². The molecule has 1 aromatic heterocycles. The van der Waals surface area contributed by atoms with Crippen molar-refractivity contribution in [2.45, 2.75) is 12.8 Å². The van der Waals surface area contributed by atoms with E-state index in [0.29, 0.717) is 60.3 Å². The van der Waals surface area contributed by atoms with Crippen LogP contribution in [0.5, 0.6) is 5.75 Å². The minimum Gasteiger partial charge on any atom is -0.489 e. The molecule has 1 amide bonds. The molecule has 1 aromatic carbocycles. The first-order chi connectivity index (χ1) is 16.1. The summed E-state index contributed by atoms with van der Waals surface area (Å²) in [6, 6.07) is 6.21. The van der Waals surface area contributed by atoms with Gasteiger partial charge in [-0.1, -0.05) is 0 Å². The Hall–Kier alpha value is -2.82. The van der Waals surface area contributed by atoms with Gasteiger partial charge in [-0.2, -0.15) is 0 Å². The molecule has 176 valence electrons. The molecular weight excluding hydrogens is 447 g/mol. The molecular formula is C23H27FN4O4S. The number of likely N-dealkylation sites (tertiary alicyclic amines) is 1. The minimum atomic E-state index is -0.461. The van der Waals surface area contributed by atoms with Gasteiger partial charge in [-0.05, 0) is 44.1 Å². The Balaban J connectivity index is 1.33. The van der Waals surface area contributed by atoms with E-state index in [1.54, 1.807) is 23.1 Å². The summed E-state index contributed by atoms with van der Waals surface area (Å²) in [7, 11) is 0. The zero-order chi connectivity index (χ0) is 23.0. The molecule has 2 aromatic rings. The molecule has 0 spiro atoms. The minimum absolute atomic E-state index is 0.136. The highest BCUT2D eigenvalue weighted by atomic mass is 32.1. The van der Waals surface area contributed by atoms with Crippen LogP contribution in [0.4, 0.5) is 15.8 Å². The molecule has 0 unspecified atom stereocenters. The molecule has 10 heteroatoms. The van der Waals surface area contributed by atoms with Gasteiger partial charge >= 0.3 is 0 Å². The highest BCUT2D eigenvalue weighted by Crippen LogP contribution is 2.29. The Bertz CT molecular complexity index is 1000. The second-order valence-corrected chi connectivity index (χ2v) is 8.91. The number of nitrogens with one attached hydrogen (secondary N) is 1. The number of aliphatic imine (C=N–C) groups is 1. The van der Waals surface area contributed by atoms with Crippen molar-refractivity contribution in [3.8, 4) is 5.75 Å². The number of halogens is 1. The molecule has 0 atom stereocenters. The van der Waals surface area contributed by atoms with Gasteiger partial charge in [0.1, 0.15) is 6.61 Å². The second kappa shape index (κ2) is 11.4. The normalized spacial score (nSPS) is 16.9. The summed E-state index contributed by atoms with van der Waals surface area (Å²) in [5, 5.41) is 2.90. The number of carbonyl (C=O) groups excluding carboxylic acids is 2. The predicted octanol–water partition coefficient (Wildman–Crippen LogP) is 3.42. The van der Waals surface area contributed by atoms with Gasteiger partial charge in [-0.15, -0.1) is 11.3 Å². The number of ether oxygens (including phenoxy) is 2. The highest BCUT2D eigenvalue weighted by Gasteiger charge is 2.22. The fraction of sp³-hybridized carbons (Fsp3) is 0.435. The smallest absolute Gasteiger partial charge is 0.264 e. The highest BCUT2D eigenvalue weighted by molar-refractivity contribution is 7.16. The fourth-order valence-corrected chi connectivity index (χ4v) is 4.67. The van der Waals surface area contributed by atoms with Gasteiger partial charge in [0.25, 0.3) is 5.91 Å². The SMILES string of the molecule is O=Cc1sc(C(=O)N2CCOCC2)cc1N=CNc1ccc(OCCN2CCCC2)c(F)c1. The van der Waals surface area contributed by atoms with Crippen LogP contribution >= 0.6 is 11.3 Å². The van der Waals surface area contributed by atoms with Crippen molar-refractivity contribution in [3.05, 3.63) is 39.8 Å². The summed E-state index contributed by atoms with van der Waals surface area (Å²) < 4.78 is 25.2. The molecule has 2 fully saturated rings. The summed E-state index contributed by atoms with van der Waals surface area (Å²) in [5.74, 6) is -0.385. The van der Waals surface area contributed by atoms with Gasteiger partial charge in [0.2, 0.25) is 0 Å². The predicted molar refractivity (Wildman–Crippen MR) is 126 cm³/mol. The summed E-state index contributed by atoms with van der Waals surface area (Å²) >= 11 is 1.11. The van der Waals surface area contributed by atoms with E-state index in [-0.39, 0.29) is 11.7 Å². The standard InChI is InChI=1S/C23H27FN4O4S/c24-18-13-17(3-4-20(18)32-12-7-27-5-1-2-6-27)25-16-26-19-14-21(33-22(19)15-29)23(30)28-8-10-31-11-9-28/h3-4,13-16H,1-2,5-12H2,(H,25,26). The lowest BCUT2D eigenvalue weighted by atomic mass is 10.3. The van der Waals surface area contributed by atoms with Crippen LogP contribution in [-0.4, -0.2) is 80.9 Å². The maximum absolute atomic E-state index is 14.4. The molecule has 8 nitrogen and oxygen atoms in total. The molecule has 33 heavy (non-hydrogen) atoms. The van der Waals surface area contributed by atoms with Crippen LogP contribution in [0.2, 0.25) is 0 Å². The summed E-state index contributed by atoms with van der Waals surface area (Å²) in [4.78, 5) is 33.1. The third-order valence-corrected chi connectivity index (χ3v) is 6.62. The van der Waals surface area contributed by atoms with Crippen LogP contribution in [-0.2, 0) is 4.74 Å². The van der Waals surface area contributed by atoms with Gasteiger partial charge in [0.05, 0.1) is 35.0 Å². The second-order valence-electron chi connectivity index (χ2n) is 7.83. The molecule has 0 saturated carbocycles. The third kappa shape index (κ3) is 6.16. The van der Waals surface area contributed by atoms with E-state index in [2.05, 4.69) is 15.2 Å². The number of benzene rings is 1. The molecule has 0 aliphatic carbocycles.